The molecule has 1 aromatic rings. The van der Waals surface area contributed by atoms with Crippen LogP contribution in [0.5, 0.6) is 0 Å². The van der Waals surface area contributed by atoms with Gasteiger partial charge in [-0.3, -0.25) is 4.90 Å². The smallest absolute Gasteiger partial charge is 0.0406 e. The molecule has 0 amide bonds. The van der Waals surface area contributed by atoms with E-state index in [9.17, 15) is 0 Å². The highest BCUT2D eigenvalue weighted by molar-refractivity contribution is 6.30. The van der Waals surface area contributed by atoms with Crippen molar-refractivity contribution in [2.45, 2.75) is 31.7 Å². The van der Waals surface area contributed by atoms with Crippen molar-refractivity contribution in [2.75, 3.05) is 26.2 Å². The first-order valence-electron chi connectivity index (χ1n) is 7.53. The van der Waals surface area contributed by atoms with E-state index >= 15 is 0 Å². The van der Waals surface area contributed by atoms with Gasteiger partial charge in [0.15, 0.2) is 0 Å². The van der Waals surface area contributed by atoms with Gasteiger partial charge in [-0.25, -0.2) is 0 Å². The lowest BCUT2D eigenvalue weighted by Crippen LogP contribution is -2.36. The van der Waals surface area contributed by atoms with Gasteiger partial charge >= 0.3 is 0 Å². The summed E-state index contributed by atoms with van der Waals surface area (Å²) in [4.78, 5) is 2.69. The summed E-state index contributed by atoms with van der Waals surface area (Å²) in [6.45, 7) is 4.93. The van der Waals surface area contributed by atoms with Crippen LogP contribution >= 0.6 is 11.6 Å². The molecule has 1 atom stereocenters. The van der Waals surface area contributed by atoms with Gasteiger partial charge in [0, 0.05) is 17.6 Å². The van der Waals surface area contributed by atoms with Gasteiger partial charge < -0.3 is 5.32 Å². The number of hydrogen-bond acceptors (Lipinski definition) is 2. The zero-order chi connectivity index (χ0) is 13.1. The summed E-state index contributed by atoms with van der Waals surface area (Å²) in [6.07, 6.45) is 5.30. The molecule has 0 aromatic heterocycles. The SMILES string of the molecule is Clc1ccc(C2CCCN2CC2CCNCC2)cc1. The van der Waals surface area contributed by atoms with E-state index in [1.54, 1.807) is 0 Å². The molecule has 19 heavy (non-hydrogen) atoms. The van der Waals surface area contributed by atoms with Gasteiger partial charge in [-0.05, 0) is 68.9 Å². The number of nitrogens with one attached hydrogen (secondary N) is 1. The van der Waals surface area contributed by atoms with E-state index in [0.29, 0.717) is 6.04 Å². The van der Waals surface area contributed by atoms with Crippen molar-refractivity contribution in [3.63, 3.8) is 0 Å². The maximum Gasteiger partial charge on any atom is 0.0406 e. The number of halogens is 1. The molecule has 2 aliphatic rings. The summed E-state index contributed by atoms with van der Waals surface area (Å²) < 4.78 is 0. The van der Waals surface area contributed by atoms with Crippen LogP contribution in [-0.4, -0.2) is 31.1 Å². The molecule has 0 saturated carbocycles. The molecule has 2 fully saturated rings. The summed E-state index contributed by atoms with van der Waals surface area (Å²) in [5.74, 6) is 0.883. The first-order chi connectivity index (χ1) is 9.33. The van der Waals surface area contributed by atoms with Crippen LogP contribution in [0.1, 0.15) is 37.3 Å². The lowest BCUT2D eigenvalue weighted by molar-refractivity contribution is 0.193. The first kappa shape index (κ1) is 13.4. The summed E-state index contributed by atoms with van der Waals surface area (Å²) >= 11 is 5.99. The van der Waals surface area contributed by atoms with Gasteiger partial charge in [0.25, 0.3) is 0 Å². The second kappa shape index (κ2) is 6.25. The minimum atomic E-state index is 0.618. The molecule has 2 aliphatic heterocycles. The Kier molecular flexibility index (Phi) is 4.42. The quantitative estimate of drug-likeness (QED) is 0.911. The molecule has 3 rings (SSSR count). The van der Waals surface area contributed by atoms with Crippen LogP contribution in [0.3, 0.4) is 0 Å². The lowest BCUT2D eigenvalue weighted by atomic mass is 9.96. The molecule has 2 heterocycles. The Labute approximate surface area is 121 Å². The largest absolute Gasteiger partial charge is 0.317 e. The van der Waals surface area contributed by atoms with Crippen molar-refractivity contribution in [2.24, 2.45) is 5.92 Å². The highest BCUT2D eigenvalue weighted by atomic mass is 35.5. The normalized spacial score (nSPS) is 25.8. The van der Waals surface area contributed by atoms with Crippen LogP contribution in [-0.2, 0) is 0 Å². The molecule has 1 N–H and O–H groups in total. The second-order valence-corrected chi connectivity index (χ2v) is 6.33. The number of benzene rings is 1. The van der Waals surface area contributed by atoms with Gasteiger partial charge in [0.1, 0.15) is 0 Å². The molecule has 1 aromatic carbocycles. The Balaban J connectivity index is 1.65. The predicted molar refractivity (Wildman–Crippen MR) is 80.6 cm³/mol. The highest BCUT2D eigenvalue weighted by Crippen LogP contribution is 2.33. The van der Waals surface area contributed by atoms with Gasteiger partial charge in [-0.15, -0.1) is 0 Å². The van der Waals surface area contributed by atoms with Crippen molar-refractivity contribution < 1.29 is 0 Å². The lowest BCUT2D eigenvalue weighted by Gasteiger charge is -2.31. The first-order valence-corrected chi connectivity index (χ1v) is 7.91. The second-order valence-electron chi connectivity index (χ2n) is 5.90. The molecule has 0 spiro atoms. The molecular formula is C16H23ClN2. The van der Waals surface area contributed by atoms with E-state index in [1.807, 2.05) is 12.1 Å². The Morgan fingerprint density at radius 1 is 1.11 bits per heavy atom. The van der Waals surface area contributed by atoms with Gasteiger partial charge in [0.2, 0.25) is 0 Å². The summed E-state index contributed by atoms with van der Waals surface area (Å²) in [6, 6.07) is 9.07. The third-order valence-electron chi connectivity index (χ3n) is 4.57. The summed E-state index contributed by atoms with van der Waals surface area (Å²) in [5.41, 5.74) is 1.44. The van der Waals surface area contributed by atoms with E-state index in [4.69, 9.17) is 11.6 Å². The van der Waals surface area contributed by atoms with Crippen LogP contribution in [0.15, 0.2) is 24.3 Å². The molecule has 104 valence electrons. The third-order valence-corrected chi connectivity index (χ3v) is 4.82. The van der Waals surface area contributed by atoms with E-state index in [2.05, 4.69) is 22.3 Å². The average Bonchev–Trinajstić information content (AvgIpc) is 2.89. The fourth-order valence-corrected chi connectivity index (χ4v) is 3.63. The van der Waals surface area contributed by atoms with Gasteiger partial charge in [-0.1, -0.05) is 23.7 Å². The van der Waals surface area contributed by atoms with Crippen LogP contribution in [0.2, 0.25) is 5.02 Å². The Morgan fingerprint density at radius 2 is 1.84 bits per heavy atom. The topological polar surface area (TPSA) is 15.3 Å². The number of hydrogen-bond donors (Lipinski definition) is 1. The molecule has 0 aliphatic carbocycles. The Hall–Kier alpha value is -0.570. The monoisotopic (exact) mass is 278 g/mol. The third kappa shape index (κ3) is 3.31. The van der Waals surface area contributed by atoms with Crippen LogP contribution in [0.25, 0.3) is 0 Å². The van der Waals surface area contributed by atoms with Crippen molar-refractivity contribution in [1.29, 1.82) is 0 Å². The van der Waals surface area contributed by atoms with E-state index in [1.165, 1.54) is 57.4 Å². The Morgan fingerprint density at radius 3 is 2.58 bits per heavy atom. The zero-order valence-electron chi connectivity index (χ0n) is 11.4. The van der Waals surface area contributed by atoms with E-state index in [-0.39, 0.29) is 0 Å². The van der Waals surface area contributed by atoms with Crippen molar-refractivity contribution >= 4 is 11.6 Å². The van der Waals surface area contributed by atoms with Gasteiger partial charge in [-0.2, -0.15) is 0 Å². The fourth-order valence-electron chi connectivity index (χ4n) is 3.50. The van der Waals surface area contributed by atoms with Crippen LogP contribution in [0, 0.1) is 5.92 Å². The maximum atomic E-state index is 5.99. The van der Waals surface area contributed by atoms with Crippen LogP contribution in [0.4, 0.5) is 0 Å². The minimum absolute atomic E-state index is 0.618. The highest BCUT2D eigenvalue weighted by Gasteiger charge is 2.28. The van der Waals surface area contributed by atoms with Gasteiger partial charge in [0.05, 0.1) is 0 Å². The van der Waals surface area contributed by atoms with Crippen molar-refractivity contribution in [1.82, 2.24) is 10.2 Å². The summed E-state index contributed by atoms with van der Waals surface area (Å²) in [7, 11) is 0. The van der Waals surface area contributed by atoms with E-state index < -0.39 is 0 Å². The average molecular weight is 279 g/mol. The van der Waals surface area contributed by atoms with Crippen molar-refractivity contribution in [3.8, 4) is 0 Å². The molecule has 2 nitrogen and oxygen atoms in total. The van der Waals surface area contributed by atoms with Crippen LogP contribution < -0.4 is 5.32 Å². The predicted octanol–water partition coefficient (Wildman–Crippen LogP) is 3.48. The molecule has 3 heteroatoms. The molecule has 0 radical (unpaired) electrons. The summed E-state index contributed by atoms with van der Waals surface area (Å²) in [5, 5.41) is 4.30. The van der Waals surface area contributed by atoms with E-state index in [0.717, 1.165) is 10.9 Å². The fraction of sp³-hybridized carbons (Fsp3) is 0.625. The van der Waals surface area contributed by atoms with Crippen molar-refractivity contribution in [3.05, 3.63) is 34.9 Å². The maximum absolute atomic E-state index is 5.99. The Bertz CT molecular complexity index is 398. The minimum Gasteiger partial charge on any atom is -0.317 e. The number of nitrogens with zero attached hydrogens (tertiary/aromatic N) is 1. The number of rotatable bonds is 3. The number of piperidine rings is 1. The zero-order valence-corrected chi connectivity index (χ0v) is 12.2. The molecule has 1 unspecified atom stereocenters. The standard InChI is InChI=1S/C16H23ClN2/c17-15-5-3-14(4-6-15)16-2-1-11-19(16)12-13-7-9-18-10-8-13/h3-6,13,16,18H,1-2,7-12H2. The molecule has 2 saturated heterocycles. The molecule has 0 bridgehead atoms. The molecular weight excluding hydrogens is 256 g/mol. The number of likely N-dealkylation sites (tertiary alicyclic amines) is 1.